The van der Waals surface area contributed by atoms with E-state index in [1.807, 2.05) is 0 Å². The second kappa shape index (κ2) is 3.09. The number of hydrogen-bond donors (Lipinski definition) is 3. The van der Waals surface area contributed by atoms with Crippen molar-refractivity contribution in [1.82, 2.24) is 4.98 Å². The van der Waals surface area contributed by atoms with E-state index in [2.05, 4.69) is 4.98 Å². The topological polar surface area (TPSA) is 90.3 Å². The van der Waals surface area contributed by atoms with Crippen LogP contribution in [0, 0.1) is 10.6 Å². The molecular weight excluding hydrogens is 144 g/mol. The molecule has 1 atom stereocenters. The molecule has 4 N–H and O–H groups in total. The minimum atomic E-state index is -0.465. The van der Waals surface area contributed by atoms with Crippen molar-refractivity contribution >= 4 is 11.6 Å². The number of hydrogen-bond acceptors (Lipinski definition) is 3. The number of pyridine rings is 1. The van der Waals surface area contributed by atoms with Gasteiger partial charge < -0.3 is 10.9 Å². The van der Waals surface area contributed by atoms with Crippen molar-refractivity contribution in [3.63, 3.8) is 0 Å². The van der Waals surface area contributed by atoms with Gasteiger partial charge in [-0.15, -0.1) is 0 Å². The zero-order chi connectivity index (χ0) is 8.27. The number of aromatic nitrogens is 1. The zero-order valence-corrected chi connectivity index (χ0v) is 5.74. The average Bonchev–Trinajstić information content (AvgIpc) is 2.05. The van der Waals surface area contributed by atoms with E-state index in [1.165, 1.54) is 24.5 Å². The van der Waals surface area contributed by atoms with Gasteiger partial charge in [-0.1, -0.05) is 0 Å². The molecule has 1 aromatic heterocycles. The van der Waals surface area contributed by atoms with E-state index in [1.54, 1.807) is 0 Å². The van der Waals surface area contributed by atoms with Gasteiger partial charge in [-0.2, -0.15) is 0 Å². The first-order valence-corrected chi connectivity index (χ1v) is 3.00. The Hall–Kier alpha value is -1.46. The van der Waals surface area contributed by atoms with E-state index in [9.17, 15) is 5.21 Å². The Morgan fingerprint density at radius 2 is 2.09 bits per heavy atom. The van der Waals surface area contributed by atoms with E-state index in [0.29, 0.717) is 5.69 Å². The Morgan fingerprint density at radius 3 is 2.55 bits per heavy atom. The Bertz CT molecular complexity index is 248. The molecule has 0 saturated heterocycles. The second-order valence-electron chi connectivity index (χ2n) is 1.98. The van der Waals surface area contributed by atoms with Crippen LogP contribution in [0.25, 0.3) is 0 Å². The van der Waals surface area contributed by atoms with Gasteiger partial charge in [0, 0.05) is 24.5 Å². The fourth-order valence-corrected chi connectivity index (χ4v) is 0.659. The van der Waals surface area contributed by atoms with Gasteiger partial charge >= 0.3 is 0 Å². The summed E-state index contributed by atoms with van der Waals surface area (Å²) in [4.78, 5) is 3.72. The number of rotatable bonds is 1. The van der Waals surface area contributed by atoms with E-state index >= 15 is 0 Å². The minimum absolute atomic E-state index is 0.396. The first kappa shape index (κ1) is 7.64. The van der Waals surface area contributed by atoms with Gasteiger partial charge in [0.15, 0.2) is 0 Å². The Morgan fingerprint density at radius 1 is 1.55 bits per heavy atom. The van der Waals surface area contributed by atoms with Crippen LogP contribution >= 0.6 is 0 Å². The minimum Gasteiger partial charge on any atom is -0.621 e. The van der Waals surface area contributed by atoms with Crippen LogP contribution < -0.4 is 10.8 Å². The Labute approximate surface area is 63.5 Å². The zero-order valence-electron chi connectivity index (χ0n) is 5.74. The SMILES string of the molecule is N=C(N)[NH+]([O-])c1ccncc1. The first-order chi connectivity index (χ1) is 5.22. The smallest absolute Gasteiger partial charge is 0.295 e. The molecule has 5 heteroatoms. The van der Waals surface area contributed by atoms with Gasteiger partial charge in [0.2, 0.25) is 0 Å². The normalized spacial score (nSPS) is 12.5. The summed E-state index contributed by atoms with van der Waals surface area (Å²) in [6.07, 6.45) is 2.96. The van der Waals surface area contributed by atoms with Crippen molar-refractivity contribution in [3.8, 4) is 0 Å². The number of hydroxylamine groups is 1. The van der Waals surface area contributed by atoms with Gasteiger partial charge in [-0.05, 0) is 0 Å². The molecule has 58 valence electrons. The summed E-state index contributed by atoms with van der Waals surface area (Å²) < 4.78 is 0. The maximum Gasteiger partial charge on any atom is 0.295 e. The molecule has 0 aliphatic carbocycles. The van der Waals surface area contributed by atoms with Crippen molar-refractivity contribution < 1.29 is 5.06 Å². The Kier molecular flexibility index (Phi) is 2.15. The molecule has 0 radical (unpaired) electrons. The van der Waals surface area contributed by atoms with E-state index < -0.39 is 11.0 Å². The second-order valence-corrected chi connectivity index (χ2v) is 1.98. The Balaban J connectivity index is 2.85. The molecule has 0 aliphatic heterocycles. The third-order valence-electron chi connectivity index (χ3n) is 1.19. The molecule has 0 aliphatic rings. The van der Waals surface area contributed by atoms with E-state index in [4.69, 9.17) is 11.1 Å². The van der Waals surface area contributed by atoms with E-state index in [0.717, 1.165) is 0 Å². The predicted molar refractivity (Wildman–Crippen MR) is 40.1 cm³/mol. The number of guanidine groups is 1. The highest BCUT2D eigenvalue weighted by molar-refractivity contribution is 5.67. The molecule has 0 saturated carbocycles. The molecule has 0 amide bonds. The highest BCUT2D eigenvalue weighted by Gasteiger charge is 2.03. The van der Waals surface area contributed by atoms with Crippen LogP contribution in [-0.2, 0) is 0 Å². The molecule has 1 heterocycles. The lowest BCUT2D eigenvalue weighted by molar-refractivity contribution is -0.670. The third-order valence-corrected chi connectivity index (χ3v) is 1.19. The first-order valence-electron chi connectivity index (χ1n) is 3.00. The number of nitrogens with zero attached hydrogens (tertiary/aromatic N) is 1. The summed E-state index contributed by atoms with van der Waals surface area (Å²) in [6, 6.07) is 3.04. The summed E-state index contributed by atoms with van der Waals surface area (Å²) in [6.45, 7) is 0. The molecule has 0 bridgehead atoms. The lowest BCUT2D eigenvalue weighted by atomic mass is 10.4. The van der Waals surface area contributed by atoms with Crippen LogP contribution in [0.3, 0.4) is 0 Å². The molecular formula is C6H8N4O. The molecule has 1 unspecified atom stereocenters. The van der Waals surface area contributed by atoms with Crippen molar-refractivity contribution in [2.24, 2.45) is 5.73 Å². The molecule has 11 heavy (non-hydrogen) atoms. The average molecular weight is 152 g/mol. The van der Waals surface area contributed by atoms with Crippen LogP contribution in [0.1, 0.15) is 0 Å². The fraction of sp³-hybridized carbons (Fsp3) is 0. The highest BCUT2D eigenvalue weighted by Crippen LogP contribution is 1.94. The third kappa shape index (κ3) is 1.73. The van der Waals surface area contributed by atoms with Crippen molar-refractivity contribution in [3.05, 3.63) is 29.7 Å². The number of quaternary nitrogens is 1. The lowest BCUT2D eigenvalue weighted by Crippen LogP contribution is -3.06. The molecule has 1 rings (SSSR count). The molecule has 0 spiro atoms. The van der Waals surface area contributed by atoms with Crippen LogP contribution in [-0.4, -0.2) is 10.9 Å². The van der Waals surface area contributed by atoms with Crippen molar-refractivity contribution in [2.45, 2.75) is 0 Å². The van der Waals surface area contributed by atoms with Gasteiger partial charge in [0.05, 0.1) is 0 Å². The van der Waals surface area contributed by atoms with Crippen LogP contribution in [0.5, 0.6) is 0 Å². The molecule has 0 aromatic carbocycles. The van der Waals surface area contributed by atoms with E-state index in [-0.39, 0.29) is 0 Å². The fourth-order valence-electron chi connectivity index (χ4n) is 0.659. The summed E-state index contributed by atoms with van der Waals surface area (Å²) in [7, 11) is 0. The molecule has 5 nitrogen and oxygen atoms in total. The summed E-state index contributed by atoms with van der Waals surface area (Å²) in [5, 5.41) is 17.3. The largest absolute Gasteiger partial charge is 0.621 e. The number of nitrogens with two attached hydrogens (primary N) is 1. The quantitative estimate of drug-likeness (QED) is 0.273. The summed E-state index contributed by atoms with van der Waals surface area (Å²) in [5.74, 6) is -0.448. The van der Waals surface area contributed by atoms with Crippen molar-refractivity contribution in [1.29, 1.82) is 5.41 Å². The van der Waals surface area contributed by atoms with Gasteiger partial charge in [-0.25, -0.2) is 5.41 Å². The van der Waals surface area contributed by atoms with Crippen molar-refractivity contribution in [2.75, 3.05) is 0 Å². The lowest BCUT2D eigenvalue weighted by Gasteiger charge is -2.17. The summed E-state index contributed by atoms with van der Waals surface area (Å²) in [5.41, 5.74) is 5.38. The monoisotopic (exact) mass is 152 g/mol. The maximum atomic E-state index is 11.0. The summed E-state index contributed by atoms with van der Waals surface area (Å²) >= 11 is 0. The van der Waals surface area contributed by atoms with Crippen LogP contribution in [0.15, 0.2) is 24.5 Å². The van der Waals surface area contributed by atoms with Gasteiger partial charge in [-0.3, -0.25) is 10.0 Å². The van der Waals surface area contributed by atoms with Crippen LogP contribution in [0.4, 0.5) is 5.69 Å². The van der Waals surface area contributed by atoms with Gasteiger partial charge in [0.1, 0.15) is 5.69 Å². The highest BCUT2D eigenvalue weighted by atomic mass is 16.5. The predicted octanol–water partition coefficient (Wildman–Crippen LogP) is -1.01. The van der Waals surface area contributed by atoms with Gasteiger partial charge in [0.25, 0.3) is 5.96 Å². The standard InChI is InChI=1S/C6H8N4O/c7-6(8)10(11)5-1-3-9-4-2-5/h1-4,10H,(H3,7,8). The van der Waals surface area contributed by atoms with Crippen LogP contribution in [0.2, 0.25) is 0 Å². The number of nitrogens with one attached hydrogen (secondary N) is 2. The maximum absolute atomic E-state index is 11.0. The molecule has 1 aromatic rings. The molecule has 0 fully saturated rings.